The molecule has 2 atom stereocenters. The minimum Gasteiger partial charge on any atom is -0.336 e. The Morgan fingerprint density at radius 3 is 2.81 bits per heavy atom. The van der Waals surface area contributed by atoms with Crippen LogP contribution in [0.1, 0.15) is 54.1 Å². The number of hydrogen-bond acceptors (Lipinski definition) is 6. The van der Waals surface area contributed by atoms with Crippen LogP contribution in [0, 0.1) is 0 Å². The number of carbonyl (C=O) groups excluding carboxylic acids is 1. The molecule has 0 radical (unpaired) electrons. The highest BCUT2D eigenvalue weighted by molar-refractivity contribution is 5.94. The summed E-state index contributed by atoms with van der Waals surface area (Å²) in [5.74, 6) is 0.988. The zero-order valence-electron chi connectivity index (χ0n) is 18.9. The number of likely N-dealkylation sites (tertiary alicyclic amines) is 1. The average Bonchev–Trinajstić information content (AvgIpc) is 3.24. The van der Waals surface area contributed by atoms with Crippen molar-refractivity contribution in [1.82, 2.24) is 34.3 Å². The molecule has 168 valence electrons. The molecule has 0 aliphatic carbocycles. The van der Waals surface area contributed by atoms with Crippen molar-refractivity contribution in [2.24, 2.45) is 0 Å². The van der Waals surface area contributed by atoms with Gasteiger partial charge in [-0.15, -0.1) is 10.2 Å². The number of fused-ring (bicyclic) bond motifs is 1. The molecule has 2 fully saturated rings. The first-order chi connectivity index (χ1) is 15.6. The SMILES string of the molecule is CC1CCCCN1C(=O)c1ccc2nnc(C3CN(Cc4ccccn4)CCN3C)n2c1. The second-order valence-electron chi connectivity index (χ2n) is 9.10. The monoisotopic (exact) mass is 433 g/mol. The third-order valence-corrected chi connectivity index (χ3v) is 6.88. The van der Waals surface area contributed by atoms with Gasteiger partial charge in [0.05, 0.1) is 17.3 Å². The number of hydrogen-bond donors (Lipinski definition) is 0. The summed E-state index contributed by atoms with van der Waals surface area (Å²) in [7, 11) is 2.13. The Labute approximate surface area is 188 Å². The van der Waals surface area contributed by atoms with Crippen molar-refractivity contribution in [3.63, 3.8) is 0 Å². The largest absolute Gasteiger partial charge is 0.336 e. The number of amides is 1. The van der Waals surface area contributed by atoms with Crippen molar-refractivity contribution in [3.8, 4) is 0 Å². The Bertz CT molecular complexity index is 1080. The van der Waals surface area contributed by atoms with E-state index in [1.165, 1.54) is 6.42 Å². The lowest BCUT2D eigenvalue weighted by Gasteiger charge is -2.38. The van der Waals surface area contributed by atoms with E-state index in [0.717, 1.165) is 62.7 Å². The topological polar surface area (TPSA) is 69.9 Å². The minimum atomic E-state index is 0.0988. The van der Waals surface area contributed by atoms with Gasteiger partial charge in [0.2, 0.25) is 0 Å². The molecule has 1 amide bonds. The number of piperazine rings is 1. The van der Waals surface area contributed by atoms with Crippen LogP contribution in [-0.2, 0) is 6.54 Å². The lowest BCUT2D eigenvalue weighted by Crippen LogP contribution is -2.46. The molecule has 0 N–H and O–H groups in total. The molecule has 2 saturated heterocycles. The summed E-state index contributed by atoms with van der Waals surface area (Å²) < 4.78 is 2.01. The first-order valence-corrected chi connectivity index (χ1v) is 11.6. The van der Waals surface area contributed by atoms with Gasteiger partial charge in [-0.25, -0.2) is 0 Å². The number of likely N-dealkylation sites (N-methyl/N-ethyl adjacent to an activating group) is 1. The number of aromatic nitrogens is 4. The number of pyridine rings is 2. The fourth-order valence-corrected chi connectivity index (χ4v) is 4.90. The average molecular weight is 434 g/mol. The molecule has 0 bridgehead atoms. The van der Waals surface area contributed by atoms with Gasteiger partial charge < -0.3 is 4.90 Å². The van der Waals surface area contributed by atoms with Crippen LogP contribution in [0.3, 0.4) is 0 Å². The van der Waals surface area contributed by atoms with E-state index in [4.69, 9.17) is 0 Å². The summed E-state index contributed by atoms with van der Waals surface area (Å²) in [5.41, 5.74) is 2.56. The van der Waals surface area contributed by atoms with Crippen LogP contribution in [0.5, 0.6) is 0 Å². The molecule has 0 saturated carbocycles. The van der Waals surface area contributed by atoms with E-state index in [-0.39, 0.29) is 18.0 Å². The van der Waals surface area contributed by atoms with Crippen molar-refractivity contribution >= 4 is 11.6 Å². The highest BCUT2D eigenvalue weighted by Crippen LogP contribution is 2.25. The Hall–Kier alpha value is -2.84. The molecule has 0 spiro atoms. The third-order valence-electron chi connectivity index (χ3n) is 6.88. The van der Waals surface area contributed by atoms with E-state index in [9.17, 15) is 4.79 Å². The second-order valence-corrected chi connectivity index (χ2v) is 9.10. The number of piperidine rings is 1. The van der Waals surface area contributed by atoms with E-state index in [0.29, 0.717) is 5.56 Å². The molecular weight excluding hydrogens is 402 g/mol. The predicted molar refractivity (Wildman–Crippen MR) is 122 cm³/mol. The van der Waals surface area contributed by atoms with Crippen LogP contribution in [0.25, 0.3) is 5.65 Å². The van der Waals surface area contributed by atoms with Crippen LogP contribution in [0.2, 0.25) is 0 Å². The Morgan fingerprint density at radius 2 is 2.00 bits per heavy atom. The summed E-state index contributed by atoms with van der Waals surface area (Å²) in [4.78, 5) is 24.5. The molecule has 3 aromatic heterocycles. The van der Waals surface area contributed by atoms with Gasteiger partial charge in [-0.05, 0) is 57.5 Å². The summed E-state index contributed by atoms with van der Waals surface area (Å²) in [6.45, 7) is 6.56. The molecule has 5 rings (SSSR count). The van der Waals surface area contributed by atoms with Gasteiger partial charge in [-0.2, -0.15) is 0 Å². The maximum atomic E-state index is 13.2. The zero-order valence-corrected chi connectivity index (χ0v) is 18.9. The number of carbonyl (C=O) groups is 1. The fourth-order valence-electron chi connectivity index (χ4n) is 4.90. The van der Waals surface area contributed by atoms with Crippen molar-refractivity contribution in [1.29, 1.82) is 0 Å². The van der Waals surface area contributed by atoms with Crippen LogP contribution in [0.4, 0.5) is 0 Å². The van der Waals surface area contributed by atoms with Gasteiger partial charge in [0.25, 0.3) is 5.91 Å². The van der Waals surface area contributed by atoms with Gasteiger partial charge in [-0.1, -0.05) is 6.07 Å². The van der Waals surface area contributed by atoms with Gasteiger partial charge in [0, 0.05) is 51.2 Å². The van der Waals surface area contributed by atoms with Gasteiger partial charge in [-0.3, -0.25) is 24.0 Å². The Balaban J connectivity index is 1.40. The van der Waals surface area contributed by atoms with E-state index in [1.54, 1.807) is 0 Å². The normalized spacial score (nSPS) is 23.0. The molecule has 32 heavy (non-hydrogen) atoms. The van der Waals surface area contributed by atoms with E-state index in [2.05, 4.69) is 45.0 Å². The lowest BCUT2D eigenvalue weighted by atomic mass is 10.0. The van der Waals surface area contributed by atoms with Crippen molar-refractivity contribution in [3.05, 3.63) is 59.8 Å². The van der Waals surface area contributed by atoms with Crippen LogP contribution >= 0.6 is 0 Å². The summed E-state index contributed by atoms with van der Waals surface area (Å²) in [6, 6.07) is 10.2. The van der Waals surface area contributed by atoms with Crippen molar-refractivity contribution in [2.45, 2.75) is 44.8 Å². The molecular formula is C24H31N7O. The van der Waals surface area contributed by atoms with Gasteiger partial charge >= 0.3 is 0 Å². The molecule has 3 aromatic rings. The van der Waals surface area contributed by atoms with Crippen LogP contribution in [-0.4, -0.2) is 79.5 Å². The highest BCUT2D eigenvalue weighted by Gasteiger charge is 2.30. The van der Waals surface area contributed by atoms with Crippen LogP contribution < -0.4 is 0 Å². The third kappa shape index (κ3) is 4.12. The number of nitrogens with zero attached hydrogens (tertiary/aromatic N) is 7. The molecule has 0 aromatic carbocycles. The Kier molecular flexibility index (Phi) is 5.89. The quantitative estimate of drug-likeness (QED) is 0.630. The first kappa shape index (κ1) is 21.0. The van der Waals surface area contributed by atoms with E-state index in [1.807, 2.05) is 46.0 Å². The highest BCUT2D eigenvalue weighted by atomic mass is 16.2. The molecule has 2 unspecified atom stereocenters. The zero-order chi connectivity index (χ0) is 22.1. The van der Waals surface area contributed by atoms with Gasteiger partial charge in [0.1, 0.15) is 0 Å². The summed E-state index contributed by atoms with van der Waals surface area (Å²) in [6.07, 6.45) is 7.12. The minimum absolute atomic E-state index is 0.0988. The van der Waals surface area contributed by atoms with E-state index < -0.39 is 0 Å². The predicted octanol–water partition coefficient (Wildman–Crippen LogP) is 2.63. The van der Waals surface area contributed by atoms with Crippen molar-refractivity contribution in [2.75, 3.05) is 33.2 Å². The molecule has 8 nitrogen and oxygen atoms in total. The first-order valence-electron chi connectivity index (χ1n) is 11.6. The van der Waals surface area contributed by atoms with E-state index >= 15 is 0 Å². The fraction of sp³-hybridized carbons (Fsp3) is 0.500. The number of rotatable bonds is 4. The maximum Gasteiger partial charge on any atom is 0.255 e. The van der Waals surface area contributed by atoms with Crippen molar-refractivity contribution < 1.29 is 4.79 Å². The Morgan fingerprint density at radius 1 is 1.09 bits per heavy atom. The summed E-state index contributed by atoms with van der Waals surface area (Å²) in [5, 5.41) is 8.94. The smallest absolute Gasteiger partial charge is 0.255 e. The van der Waals surface area contributed by atoms with Crippen LogP contribution in [0.15, 0.2) is 42.7 Å². The lowest BCUT2D eigenvalue weighted by molar-refractivity contribution is 0.0634. The summed E-state index contributed by atoms with van der Waals surface area (Å²) >= 11 is 0. The standard InChI is InChI=1S/C24H31N7O/c1-18-7-4-6-12-30(18)24(32)19-9-10-22-26-27-23(31(22)15-19)21-17-29(14-13-28(21)2)16-20-8-3-5-11-25-20/h3,5,8-11,15,18,21H,4,6-7,12-14,16-17H2,1-2H3. The van der Waals surface area contributed by atoms with Gasteiger partial charge in [0.15, 0.2) is 11.5 Å². The second kappa shape index (κ2) is 8.96. The molecule has 2 aliphatic rings. The molecule has 8 heteroatoms. The maximum absolute atomic E-state index is 13.2. The molecule has 5 heterocycles. The molecule has 2 aliphatic heterocycles.